The number of aliphatic hydroxyl groups is 11. The van der Waals surface area contributed by atoms with E-state index in [9.17, 15) is 61.0 Å². The van der Waals surface area contributed by atoms with Gasteiger partial charge >= 0.3 is 5.97 Å². The minimum atomic E-state index is -1.89. The highest BCUT2D eigenvalue weighted by Gasteiger charge is 2.74. The maximum absolute atomic E-state index is 14.4. The zero-order chi connectivity index (χ0) is 35.1. The number of rotatable bonds is 7. The molecule has 1 spiro atoms. The van der Waals surface area contributed by atoms with Crippen LogP contribution in [0.5, 0.6) is 0 Å². The lowest BCUT2D eigenvalue weighted by Crippen LogP contribution is -2.70. The Hall–Kier alpha value is -1.09. The molecule has 4 aliphatic carbocycles. The lowest BCUT2D eigenvalue weighted by atomic mass is 9.39. The van der Waals surface area contributed by atoms with E-state index >= 15 is 0 Å². The molecular weight excluding hydrogens is 640 g/mol. The second-order valence-electron chi connectivity index (χ2n) is 15.8. The number of carbonyl (C=O) groups excluding carboxylic acids is 1. The highest BCUT2D eigenvalue weighted by Crippen LogP contribution is 2.73. The second kappa shape index (κ2) is 12.8. The minimum absolute atomic E-state index is 0.193. The average molecular weight is 693 g/mol. The number of hydrogen-bond donors (Lipinski definition) is 11. The standard InChI is InChI=1S/C32H52O16/c1-29-5-3-6-30(2,24(29)22(41)25(42)31-8-13(9-33)32(44,12-31)7-4-16(29)31)28(43)48-27-23(20(39)18(37)15(11-35)46-27)47-26-21(40)19(38)17(36)14(10-34)45-26/h13-27,33-42,44H,3-12H2,1-2H3/t13-,14+,15+,16-,17+,18+,19-,20-,21+,22-,23+,24-,25-,26-,27-,29-,30+,31-,32+/m0/s1. The van der Waals surface area contributed by atoms with Crippen LogP contribution in [0.25, 0.3) is 0 Å². The monoisotopic (exact) mass is 692 g/mol. The van der Waals surface area contributed by atoms with E-state index in [1.165, 1.54) is 0 Å². The van der Waals surface area contributed by atoms with Crippen LogP contribution in [0.2, 0.25) is 0 Å². The Labute approximate surface area is 277 Å². The molecule has 2 bridgehead atoms. The van der Waals surface area contributed by atoms with E-state index in [0.717, 1.165) is 0 Å². The molecule has 0 unspecified atom stereocenters. The van der Waals surface area contributed by atoms with Crippen LogP contribution in [0.4, 0.5) is 0 Å². The zero-order valence-corrected chi connectivity index (χ0v) is 27.2. The van der Waals surface area contributed by atoms with E-state index < -0.39 is 126 Å². The van der Waals surface area contributed by atoms with Crippen LogP contribution in [0.15, 0.2) is 0 Å². The summed E-state index contributed by atoms with van der Waals surface area (Å²) >= 11 is 0. The van der Waals surface area contributed by atoms with E-state index in [1.54, 1.807) is 6.92 Å². The Kier molecular flexibility index (Phi) is 9.82. The third-order valence-electron chi connectivity index (χ3n) is 13.3. The fourth-order valence-electron chi connectivity index (χ4n) is 11.0. The Balaban J connectivity index is 1.28. The molecule has 4 saturated carbocycles. The van der Waals surface area contributed by atoms with Gasteiger partial charge in [-0.15, -0.1) is 0 Å². The normalized spacial score (nSPS) is 56.6. The van der Waals surface area contributed by atoms with Crippen molar-refractivity contribution < 1.29 is 79.9 Å². The van der Waals surface area contributed by atoms with Crippen LogP contribution in [0, 0.1) is 34.0 Å². The van der Waals surface area contributed by atoms with Crippen LogP contribution in [-0.2, 0) is 23.7 Å². The molecule has 0 radical (unpaired) electrons. The minimum Gasteiger partial charge on any atom is -0.432 e. The van der Waals surface area contributed by atoms with E-state index in [0.29, 0.717) is 32.1 Å². The van der Waals surface area contributed by atoms with Crippen molar-refractivity contribution >= 4 is 5.97 Å². The predicted molar refractivity (Wildman–Crippen MR) is 158 cm³/mol. The molecule has 2 aliphatic heterocycles. The van der Waals surface area contributed by atoms with Crippen molar-refractivity contribution in [1.82, 2.24) is 0 Å². The largest absolute Gasteiger partial charge is 0.432 e. The van der Waals surface area contributed by atoms with Gasteiger partial charge < -0.3 is 75.1 Å². The fraction of sp³-hybridized carbons (Fsp3) is 0.969. The molecule has 0 aromatic heterocycles. The first kappa shape index (κ1) is 36.7. The highest BCUT2D eigenvalue weighted by molar-refractivity contribution is 5.77. The molecule has 48 heavy (non-hydrogen) atoms. The molecule has 11 N–H and O–H groups in total. The maximum Gasteiger partial charge on any atom is 0.314 e. The quantitative estimate of drug-likeness (QED) is 0.114. The van der Waals surface area contributed by atoms with E-state index in [2.05, 4.69) is 0 Å². The summed E-state index contributed by atoms with van der Waals surface area (Å²) in [6.07, 6.45) is -17.0. The van der Waals surface area contributed by atoms with Crippen LogP contribution in [-0.4, -0.2) is 161 Å². The first-order valence-electron chi connectivity index (χ1n) is 17.0. The van der Waals surface area contributed by atoms with Crippen molar-refractivity contribution in [3.05, 3.63) is 0 Å². The molecule has 19 atom stereocenters. The van der Waals surface area contributed by atoms with Crippen LogP contribution < -0.4 is 0 Å². The van der Waals surface area contributed by atoms with Gasteiger partial charge in [0.2, 0.25) is 6.29 Å². The molecule has 6 rings (SSSR count). The fourth-order valence-corrected chi connectivity index (χ4v) is 11.0. The molecule has 6 fully saturated rings. The predicted octanol–water partition coefficient (Wildman–Crippen LogP) is -3.77. The number of carbonyl (C=O) groups is 1. The summed E-state index contributed by atoms with van der Waals surface area (Å²) in [5.41, 5.74) is -4.14. The highest BCUT2D eigenvalue weighted by atomic mass is 16.8. The molecule has 16 heteroatoms. The first-order valence-corrected chi connectivity index (χ1v) is 17.0. The summed E-state index contributed by atoms with van der Waals surface area (Å²) in [5.74, 6) is -2.34. The van der Waals surface area contributed by atoms with Gasteiger partial charge in [-0.2, -0.15) is 0 Å². The van der Waals surface area contributed by atoms with Crippen molar-refractivity contribution in [2.75, 3.05) is 19.8 Å². The maximum atomic E-state index is 14.4. The molecule has 6 aliphatic rings. The van der Waals surface area contributed by atoms with E-state index in [1.807, 2.05) is 6.92 Å². The first-order chi connectivity index (χ1) is 22.5. The number of aliphatic hydroxyl groups excluding tert-OH is 10. The Morgan fingerprint density at radius 2 is 1.40 bits per heavy atom. The van der Waals surface area contributed by atoms with Crippen molar-refractivity contribution in [3.63, 3.8) is 0 Å². The topological polar surface area (TPSA) is 277 Å². The summed E-state index contributed by atoms with van der Waals surface area (Å²) in [6, 6.07) is 0. The average Bonchev–Trinajstić information content (AvgIpc) is 3.28. The van der Waals surface area contributed by atoms with Gasteiger partial charge in [-0.05, 0) is 56.8 Å². The van der Waals surface area contributed by atoms with Gasteiger partial charge in [0.05, 0.1) is 36.4 Å². The van der Waals surface area contributed by atoms with Crippen LogP contribution in [0.3, 0.4) is 0 Å². The third-order valence-corrected chi connectivity index (χ3v) is 13.3. The summed E-state index contributed by atoms with van der Waals surface area (Å²) in [6.45, 7) is 1.82. The van der Waals surface area contributed by atoms with Gasteiger partial charge in [-0.25, -0.2) is 0 Å². The number of esters is 1. The zero-order valence-electron chi connectivity index (χ0n) is 27.2. The Morgan fingerprint density at radius 1 is 0.771 bits per heavy atom. The Bertz CT molecular complexity index is 1190. The van der Waals surface area contributed by atoms with Crippen LogP contribution in [0.1, 0.15) is 58.8 Å². The second-order valence-corrected chi connectivity index (χ2v) is 15.8. The summed E-state index contributed by atoms with van der Waals surface area (Å²) in [7, 11) is 0. The lowest BCUT2D eigenvalue weighted by molar-refractivity contribution is -0.364. The van der Waals surface area contributed by atoms with Gasteiger partial charge in [0, 0.05) is 23.9 Å². The molecule has 16 nitrogen and oxygen atoms in total. The number of fused-ring (bicyclic) bond motifs is 3. The van der Waals surface area contributed by atoms with Gasteiger partial charge in [-0.3, -0.25) is 4.79 Å². The van der Waals surface area contributed by atoms with Crippen molar-refractivity contribution in [2.24, 2.45) is 34.0 Å². The van der Waals surface area contributed by atoms with Gasteiger partial charge in [0.15, 0.2) is 12.4 Å². The smallest absolute Gasteiger partial charge is 0.314 e. The van der Waals surface area contributed by atoms with Crippen molar-refractivity contribution in [1.29, 1.82) is 0 Å². The Morgan fingerprint density at radius 3 is 2.02 bits per heavy atom. The van der Waals surface area contributed by atoms with E-state index in [4.69, 9.17) is 18.9 Å². The van der Waals surface area contributed by atoms with Gasteiger partial charge in [0.1, 0.15) is 42.7 Å². The molecule has 0 amide bonds. The van der Waals surface area contributed by atoms with Crippen molar-refractivity contribution in [2.45, 2.75) is 138 Å². The molecular formula is C32H52O16. The molecule has 276 valence electrons. The van der Waals surface area contributed by atoms with Crippen LogP contribution >= 0.6 is 0 Å². The third kappa shape index (κ3) is 5.29. The molecule has 0 aromatic rings. The number of hydrogen-bond acceptors (Lipinski definition) is 16. The van der Waals surface area contributed by atoms with E-state index in [-0.39, 0.29) is 25.4 Å². The summed E-state index contributed by atoms with van der Waals surface area (Å²) < 4.78 is 22.7. The molecule has 2 heterocycles. The SMILES string of the molecule is C[C@@]12CCC[C@@](C)(C(=O)O[C@@H]3O[C@H](CO)[C@@H](O)[C@H](O)[C@H]3O[C@@H]3O[C@H](CO)[C@@H](O)[C@H](O)[C@H]3O)[C@H]1[C@H](O)[C@H](O)[C@]13C[C@@H](CO)[C@@](O)(CC[C@@H]21)C3. The molecule has 2 saturated heterocycles. The lowest BCUT2D eigenvalue weighted by Gasteiger charge is -2.66. The summed E-state index contributed by atoms with van der Waals surface area (Å²) in [5, 5.41) is 117. The van der Waals surface area contributed by atoms with Gasteiger partial charge in [0.25, 0.3) is 0 Å². The van der Waals surface area contributed by atoms with Gasteiger partial charge in [-0.1, -0.05) is 13.3 Å². The molecule has 0 aromatic carbocycles. The number of ether oxygens (including phenoxy) is 4. The summed E-state index contributed by atoms with van der Waals surface area (Å²) in [4.78, 5) is 14.4. The van der Waals surface area contributed by atoms with Crippen molar-refractivity contribution in [3.8, 4) is 0 Å².